The normalized spacial score (nSPS) is 34.3. The van der Waals surface area contributed by atoms with Crippen LogP contribution in [-0.2, 0) is 19.2 Å². The second kappa shape index (κ2) is 7.38. The number of allylic oxidation sites excluding steroid dienone is 2. The highest BCUT2D eigenvalue weighted by Crippen LogP contribution is 2.65. The van der Waals surface area contributed by atoms with E-state index >= 15 is 0 Å². The highest BCUT2D eigenvalue weighted by atomic mass is 16.5. The van der Waals surface area contributed by atoms with Crippen LogP contribution in [0.5, 0.6) is 5.75 Å². The molecule has 7 nitrogen and oxygen atoms in total. The summed E-state index contributed by atoms with van der Waals surface area (Å²) in [7, 11) is 0. The first kappa shape index (κ1) is 20.6. The molecule has 0 N–H and O–H groups in total. The van der Waals surface area contributed by atoms with Gasteiger partial charge in [-0.15, -0.1) is 0 Å². The van der Waals surface area contributed by atoms with Crippen molar-refractivity contribution in [2.75, 3.05) is 16.3 Å². The van der Waals surface area contributed by atoms with Gasteiger partial charge in [-0.1, -0.05) is 36.4 Å². The zero-order chi connectivity index (χ0) is 23.8. The molecule has 35 heavy (non-hydrogen) atoms. The number of anilines is 2. The molecule has 2 aromatic carbocycles. The highest BCUT2D eigenvalue weighted by molar-refractivity contribution is 6.22. The minimum absolute atomic E-state index is 0.0813. The molecule has 0 unspecified atom stereocenters. The van der Waals surface area contributed by atoms with Gasteiger partial charge in [0.05, 0.1) is 23.4 Å². The monoisotopic (exact) mass is 468 g/mol. The van der Waals surface area contributed by atoms with Crippen molar-refractivity contribution in [3.8, 4) is 5.75 Å². The molecule has 2 aromatic rings. The van der Waals surface area contributed by atoms with E-state index in [4.69, 9.17) is 4.74 Å². The smallest absolute Gasteiger partial charge is 0.316 e. The van der Waals surface area contributed by atoms with Crippen molar-refractivity contribution in [2.24, 2.45) is 41.4 Å². The van der Waals surface area contributed by atoms with Crippen LogP contribution >= 0.6 is 0 Å². The molecule has 0 spiro atoms. The van der Waals surface area contributed by atoms with Gasteiger partial charge in [-0.25, -0.2) is 4.90 Å². The summed E-state index contributed by atoms with van der Waals surface area (Å²) in [5, 5.41) is 0. The van der Waals surface area contributed by atoms with Gasteiger partial charge in [0.15, 0.2) is 0 Å². The molecule has 4 fully saturated rings. The van der Waals surface area contributed by atoms with Gasteiger partial charge in [-0.3, -0.25) is 19.2 Å². The number of carbonyl (C=O) groups excluding carboxylic acids is 4. The summed E-state index contributed by atoms with van der Waals surface area (Å²) < 4.78 is 5.62. The van der Waals surface area contributed by atoms with Crippen molar-refractivity contribution in [2.45, 2.75) is 12.8 Å². The van der Waals surface area contributed by atoms with E-state index in [0.29, 0.717) is 17.5 Å². The van der Waals surface area contributed by atoms with Crippen LogP contribution in [0.15, 0.2) is 66.7 Å². The molecular formula is C28H24N2O5. The topological polar surface area (TPSA) is 84.0 Å². The van der Waals surface area contributed by atoms with Gasteiger partial charge in [-0.2, -0.15) is 0 Å². The Morgan fingerprint density at radius 3 is 2.17 bits per heavy atom. The largest absolute Gasteiger partial charge is 0.426 e. The van der Waals surface area contributed by atoms with Gasteiger partial charge < -0.3 is 9.64 Å². The summed E-state index contributed by atoms with van der Waals surface area (Å²) in [5.74, 6) is -0.388. The summed E-state index contributed by atoms with van der Waals surface area (Å²) in [6, 6.07) is 15.8. The Kier molecular flexibility index (Phi) is 4.35. The Morgan fingerprint density at radius 2 is 1.49 bits per heavy atom. The standard InChI is InChI=1S/C28H24N2O5/c31-23-11-15(14-29(23)16-5-2-1-3-6-16)28(34)35-18-8-4-7-17(12-18)30-26(32)24-19-9-10-20(22-13-21(19)22)25(24)27(30)33/h1-10,12,15,19-22,24-25H,11,13-14H2/t15-,19+,20+,21-,22+,24-,25-/m1/s1. The van der Waals surface area contributed by atoms with Crippen LogP contribution < -0.4 is 14.5 Å². The van der Waals surface area contributed by atoms with Crippen LogP contribution in [0.25, 0.3) is 0 Å². The molecule has 2 heterocycles. The first-order chi connectivity index (χ1) is 17.0. The number of nitrogens with zero attached hydrogens (tertiary/aromatic N) is 2. The molecule has 176 valence electrons. The molecule has 8 rings (SSSR count). The fraction of sp³-hybridized carbons (Fsp3) is 0.357. The predicted molar refractivity (Wildman–Crippen MR) is 126 cm³/mol. The highest BCUT2D eigenvalue weighted by Gasteiger charge is 2.67. The third-order valence-corrected chi connectivity index (χ3v) is 8.48. The predicted octanol–water partition coefficient (Wildman–Crippen LogP) is 3.20. The van der Waals surface area contributed by atoms with Gasteiger partial charge in [0, 0.05) is 24.7 Å². The number of rotatable bonds is 4. The van der Waals surface area contributed by atoms with Crippen molar-refractivity contribution in [3.63, 3.8) is 0 Å². The maximum Gasteiger partial charge on any atom is 0.316 e. The summed E-state index contributed by atoms with van der Waals surface area (Å²) in [6.45, 7) is 0.256. The van der Waals surface area contributed by atoms with Gasteiger partial charge in [-0.05, 0) is 54.4 Å². The number of benzene rings is 2. The average Bonchev–Trinajstić information content (AvgIpc) is 3.55. The van der Waals surface area contributed by atoms with E-state index in [-0.39, 0.29) is 60.1 Å². The quantitative estimate of drug-likeness (QED) is 0.298. The van der Waals surface area contributed by atoms with Gasteiger partial charge >= 0.3 is 5.97 Å². The third-order valence-electron chi connectivity index (χ3n) is 8.48. The van der Waals surface area contributed by atoms with Gasteiger partial charge in [0.25, 0.3) is 0 Å². The zero-order valence-corrected chi connectivity index (χ0v) is 18.9. The fourth-order valence-corrected chi connectivity index (χ4v) is 6.82. The lowest BCUT2D eigenvalue weighted by Crippen LogP contribution is -2.40. The van der Waals surface area contributed by atoms with Gasteiger partial charge in [0.2, 0.25) is 17.7 Å². The minimum Gasteiger partial charge on any atom is -0.426 e. The second-order valence-electron chi connectivity index (χ2n) is 10.3. The van der Waals surface area contributed by atoms with Crippen molar-refractivity contribution < 1.29 is 23.9 Å². The summed E-state index contributed by atoms with van der Waals surface area (Å²) in [5.41, 5.74) is 1.18. The number of amides is 3. The number of imide groups is 1. The maximum atomic E-state index is 13.4. The first-order valence-electron chi connectivity index (χ1n) is 12.2. The van der Waals surface area contributed by atoms with Crippen molar-refractivity contribution in [1.82, 2.24) is 0 Å². The minimum atomic E-state index is -0.585. The average molecular weight is 469 g/mol. The van der Waals surface area contributed by atoms with E-state index in [0.717, 1.165) is 12.1 Å². The van der Waals surface area contributed by atoms with Crippen LogP contribution in [0, 0.1) is 41.4 Å². The fourth-order valence-electron chi connectivity index (χ4n) is 6.82. The van der Waals surface area contributed by atoms with E-state index in [1.165, 1.54) is 4.90 Å². The Bertz CT molecular complexity index is 1270. The Balaban J connectivity index is 1.08. The maximum absolute atomic E-state index is 13.4. The molecule has 4 aliphatic carbocycles. The van der Waals surface area contributed by atoms with E-state index < -0.39 is 11.9 Å². The van der Waals surface area contributed by atoms with E-state index in [9.17, 15) is 19.2 Å². The van der Waals surface area contributed by atoms with Crippen LogP contribution in [0.1, 0.15) is 12.8 Å². The Morgan fingerprint density at radius 1 is 0.829 bits per heavy atom. The van der Waals surface area contributed by atoms with E-state index in [2.05, 4.69) is 12.2 Å². The molecule has 7 atom stereocenters. The van der Waals surface area contributed by atoms with Crippen molar-refractivity contribution >= 4 is 35.1 Å². The lowest BCUT2D eigenvalue weighted by Gasteiger charge is -2.37. The lowest BCUT2D eigenvalue weighted by molar-refractivity contribution is -0.139. The molecular weight excluding hydrogens is 444 g/mol. The molecule has 2 saturated carbocycles. The molecule has 2 saturated heterocycles. The van der Waals surface area contributed by atoms with Crippen LogP contribution in [0.4, 0.5) is 11.4 Å². The summed E-state index contributed by atoms with van der Waals surface area (Å²) >= 11 is 0. The molecule has 0 radical (unpaired) electrons. The van der Waals surface area contributed by atoms with Crippen molar-refractivity contribution in [3.05, 3.63) is 66.7 Å². The Hall–Kier alpha value is -3.74. The van der Waals surface area contributed by atoms with E-state index in [1.807, 2.05) is 30.3 Å². The molecule has 2 aliphatic heterocycles. The second-order valence-corrected chi connectivity index (χ2v) is 10.3. The van der Waals surface area contributed by atoms with Crippen LogP contribution in [0.3, 0.4) is 0 Å². The van der Waals surface area contributed by atoms with Crippen molar-refractivity contribution in [1.29, 1.82) is 0 Å². The first-order valence-corrected chi connectivity index (χ1v) is 12.2. The molecule has 7 heteroatoms. The number of hydrogen-bond acceptors (Lipinski definition) is 5. The van der Waals surface area contributed by atoms with Crippen LogP contribution in [0.2, 0.25) is 0 Å². The lowest BCUT2D eigenvalue weighted by atomic mass is 9.63. The number of ether oxygens (including phenoxy) is 1. The SMILES string of the molecule is O=C(Oc1cccc(N2C(=O)[C@@H]3[C@H]4C=C[C@@H]([C@@H]5C[C@H]45)[C@H]3C2=O)c1)[C@@H]1CC(=O)N(c2ccccc2)C1. The van der Waals surface area contributed by atoms with Crippen LogP contribution in [-0.4, -0.2) is 30.2 Å². The summed E-state index contributed by atoms with van der Waals surface area (Å²) in [4.78, 5) is 55.0. The third kappa shape index (κ3) is 3.03. The molecule has 2 bridgehead atoms. The molecule has 0 aromatic heterocycles. The summed E-state index contributed by atoms with van der Waals surface area (Å²) in [6.07, 6.45) is 5.49. The number of carbonyl (C=O) groups is 4. The molecule has 3 amide bonds. The number of hydrogen-bond donors (Lipinski definition) is 0. The Labute approximate surface area is 202 Å². The number of para-hydroxylation sites is 1. The van der Waals surface area contributed by atoms with E-state index in [1.54, 1.807) is 29.2 Å². The van der Waals surface area contributed by atoms with Gasteiger partial charge in [0.1, 0.15) is 5.75 Å². The zero-order valence-electron chi connectivity index (χ0n) is 18.9. The molecule has 6 aliphatic rings. The number of esters is 1.